The molecule has 0 saturated heterocycles. The van der Waals surface area contributed by atoms with E-state index in [1.807, 2.05) is 26.2 Å². The highest BCUT2D eigenvalue weighted by atomic mass is 28.5. The summed E-state index contributed by atoms with van der Waals surface area (Å²) in [7, 11) is -6.00. The number of aliphatic hydroxyl groups excluding tert-OH is 2. The molecule has 0 aliphatic heterocycles. The number of aliphatic hydroxyl groups is 2. The van der Waals surface area contributed by atoms with Gasteiger partial charge in [-0.3, -0.25) is 0 Å². The summed E-state index contributed by atoms with van der Waals surface area (Å²) in [5.74, 6) is 0. The zero-order valence-corrected chi connectivity index (χ0v) is 15.7. The van der Waals surface area contributed by atoms with E-state index in [-0.39, 0.29) is 13.2 Å². The van der Waals surface area contributed by atoms with E-state index in [4.69, 9.17) is 13.3 Å². The van der Waals surface area contributed by atoms with Gasteiger partial charge in [0.15, 0.2) is 8.32 Å². The first-order valence-corrected chi connectivity index (χ1v) is 15.4. The van der Waals surface area contributed by atoms with Gasteiger partial charge in [-0.2, -0.15) is 0 Å². The summed E-state index contributed by atoms with van der Waals surface area (Å²) in [5, 5.41) is 19.2. The molecule has 0 aliphatic rings. The lowest BCUT2D eigenvalue weighted by Crippen LogP contribution is -2.52. The Bertz CT molecular complexity index is 295. The van der Waals surface area contributed by atoms with Gasteiger partial charge in [0.2, 0.25) is 8.32 Å². The predicted molar refractivity (Wildman–Crippen MR) is 82.7 cm³/mol. The van der Waals surface area contributed by atoms with Crippen LogP contribution >= 0.6 is 0 Å². The molecule has 0 unspecified atom stereocenters. The van der Waals surface area contributed by atoms with E-state index in [0.29, 0.717) is 0 Å². The molecule has 0 fully saturated rings. The van der Waals surface area contributed by atoms with Crippen molar-refractivity contribution in [3.63, 3.8) is 0 Å². The van der Waals surface area contributed by atoms with E-state index in [1.54, 1.807) is 6.08 Å². The Morgan fingerprint density at radius 1 is 0.944 bits per heavy atom. The molecule has 0 spiro atoms. The monoisotopic (exact) mass is 308 g/mol. The van der Waals surface area contributed by atoms with Crippen molar-refractivity contribution in [2.45, 2.75) is 45.8 Å². The second-order valence-electron chi connectivity index (χ2n) is 6.30. The second kappa shape index (κ2) is 6.60. The summed E-state index contributed by atoms with van der Waals surface area (Å²) in [6.07, 6.45) is 1.66. The molecule has 0 radical (unpaired) electrons. The molecule has 0 aromatic rings. The molecule has 0 aliphatic carbocycles. The summed E-state index contributed by atoms with van der Waals surface area (Å²) in [6.45, 7) is 14.5. The maximum absolute atomic E-state index is 9.38. The molecule has 0 heterocycles. The second-order valence-corrected chi connectivity index (χ2v) is 18.6. The van der Waals surface area contributed by atoms with Gasteiger partial charge in [-0.25, -0.2) is 0 Å². The Hall–Kier alpha value is 0.231. The maximum atomic E-state index is 9.38. The summed E-state index contributed by atoms with van der Waals surface area (Å²) in [4.78, 5) is 0. The van der Waals surface area contributed by atoms with Crippen molar-refractivity contribution in [3.8, 4) is 0 Å². The van der Waals surface area contributed by atoms with Gasteiger partial charge in [-0.1, -0.05) is 6.08 Å². The average Bonchev–Trinajstić information content (AvgIpc) is 2.07. The van der Waals surface area contributed by atoms with Crippen LogP contribution in [0.3, 0.4) is 0 Å². The van der Waals surface area contributed by atoms with E-state index in [2.05, 4.69) is 19.6 Å². The first-order valence-electron chi connectivity index (χ1n) is 6.25. The van der Waals surface area contributed by atoms with Crippen LogP contribution in [0.4, 0.5) is 0 Å². The Kier molecular flexibility index (Phi) is 6.68. The molecular weight excluding hydrogens is 280 g/mol. The van der Waals surface area contributed by atoms with Crippen LogP contribution in [-0.2, 0) is 8.23 Å². The van der Waals surface area contributed by atoms with Crippen molar-refractivity contribution in [3.05, 3.63) is 11.3 Å². The van der Waals surface area contributed by atoms with Crippen molar-refractivity contribution in [1.82, 2.24) is 0 Å². The minimum absolute atomic E-state index is 0.0583. The highest BCUT2D eigenvalue weighted by Gasteiger charge is 2.39. The Labute approximate surface area is 114 Å². The summed E-state index contributed by atoms with van der Waals surface area (Å²) < 4.78 is 12.4. The molecule has 4 nitrogen and oxygen atoms in total. The Morgan fingerprint density at radius 2 is 1.44 bits per heavy atom. The fourth-order valence-corrected chi connectivity index (χ4v) is 14.9. The Morgan fingerprint density at radius 3 is 1.78 bits per heavy atom. The van der Waals surface area contributed by atoms with Crippen LogP contribution in [0.1, 0.15) is 0 Å². The van der Waals surface area contributed by atoms with Crippen LogP contribution in [0.2, 0.25) is 45.8 Å². The molecule has 0 atom stereocenters. The molecule has 0 aromatic carbocycles. The van der Waals surface area contributed by atoms with Crippen molar-refractivity contribution < 1.29 is 18.4 Å². The highest BCUT2D eigenvalue weighted by molar-refractivity contribution is 6.90. The molecule has 108 valence electrons. The lowest BCUT2D eigenvalue weighted by molar-refractivity contribution is 0.319. The molecule has 0 aromatic heterocycles. The molecule has 7 heteroatoms. The zero-order valence-electron chi connectivity index (χ0n) is 12.7. The number of hydrogen-bond donors (Lipinski definition) is 2. The normalized spacial score (nSPS) is 15.1. The minimum Gasteiger partial charge on any atom is -0.437 e. The first-order chi connectivity index (χ1) is 7.93. The molecule has 2 N–H and O–H groups in total. The lowest BCUT2D eigenvalue weighted by atomic mass is 10.5. The van der Waals surface area contributed by atoms with E-state index in [0.717, 1.165) is 5.20 Å². The topological polar surface area (TPSA) is 58.9 Å². The van der Waals surface area contributed by atoms with Gasteiger partial charge in [-0.15, -0.1) is 0 Å². The van der Waals surface area contributed by atoms with E-state index < -0.39 is 25.2 Å². The van der Waals surface area contributed by atoms with Crippen LogP contribution in [0.5, 0.6) is 0 Å². The number of hydrogen-bond acceptors (Lipinski definition) is 4. The fraction of sp³-hybridized carbons (Fsp3) is 0.818. The zero-order chi connectivity index (χ0) is 14.6. The quantitative estimate of drug-likeness (QED) is 0.708. The van der Waals surface area contributed by atoms with E-state index >= 15 is 0 Å². The third-order valence-electron chi connectivity index (χ3n) is 2.33. The van der Waals surface area contributed by atoms with Gasteiger partial charge in [0.1, 0.15) is 0 Å². The molecule has 0 bridgehead atoms. The maximum Gasteiger partial charge on any atom is 0.311 e. The summed E-state index contributed by atoms with van der Waals surface area (Å²) in [5.41, 5.74) is 0. The Balaban J connectivity index is 4.89. The van der Waals surface area contributed by atoms with Gasteiger partial charge in [-0.05, 0) is 51.0 Å². The minimum atomic E-state index is -2.19. The van der Waals surface area contributed by atoms with Gasteiger partial charge in [0.25, 0.3) is 0 Å². The summed E-state index contributed by atoms with van der Waals surface area (Å²) in [6, 6.07) is 0. The van der Waals surface area contributed by atoms with E-state index in [9.17, 15) is 5.11 Å². The van der Waals surface area contributed by atoms with Gasteiger partial charge in [0.05, 0.1) is 13.2 Å². The molecule has 18 heavy (non-hydrogen) atoms. The largest absolute Gasteiger partial charge is 0.437 e. The van der Waals surface area contributed by atoms with Crippen LogP contribution in [0.25, 0.3) is 0 Å². The van der Waals surface area contributed by atoms with E-state index in [1.165, 1.54) is 0 Å². The predicted octanol–water partition coefficient (Wildman–Crippen LogP) is 2.21. The highest BCUT2D eigenvalue weighted by Crippen LogP contribution is 2.24. The average molecular weight is 309 g/mol. The SMILES string of the molecule is C[Si](C)(C)O[Si](C)(C)O[Si](C)(C)C(=CCO)CO. The number of rotatable bonds is 7. The van der Waals surface area contributed by atoms with Gasteiger partial charge in [0, 0.05) is 0 Å². The van der Waals surface area contributed by atoms with Crippen molar-refractivity contribution >= 4 is 25.2 Å². The molecule has 0 amide bonds. The first kappa shape index (κ1) is 18.2. The fourth-order valence-electron chi connectivity index (χ4n) is 2.05. The van der Waals surface area contributed by atoms with Crippen LogP contribution < -0.4 is 0 Å². The molecular formula is C11H28O4Si3. The van der Waals surface area contributed by atoms with Crippen LogP contribution in [0, 0.1) is 0 Å². The van der Waals surface area contributed by atoms with Crippen LogP contribution in [0.15, 0.2) is 11.3 Å². The lowest BCUT2D eigenvalue weighted by Gasteiger charge is -2.38. The van der Waals surface area contributed by atoms with Gasteiger partial charge < -0.3 is 18.4 Å². The van der Waals surface area contributed by atoms with Crippen molar-refractivity contribution in [2.75, 3.05) is 13.2 Å². The van der Waals surface area contributed by atoms with Crippen molar-refractivity contribution in [1.29, 1.82) is 0 Å². The van der Waals surface area contributed by atoms with Gasteiger partial charge >= 0.3 is 8.56 Å². The molecule has 0 saturated carbocycles. The standard InChI is InChI=1S/C11H28O4Si3/c1-16(2,3)14-18(6,7)15-17(4,5)11(10-13)8-9-12/h8,12-13H,9-10H2,1-7H3. The van der Waals surface area contributed by atoms with Crippen LogP contribution in [-0.4, -0.2) is 48.6 Å². The third kappa shape index (κ3) is 6.98. The smallest absolute Gasteiger partial charge is 0.311 e. The summed E-state index contributed by atoms with van der Waals surface area (Å²) >= 11 is 0. The third-order valence-corrected chi connectivity index (χ3v) is 12.7. The van der Waals surface area contributed by atoms with Crippen molar-refractivity contribution in [2.24, 2.45) is 0 Å². The molecule has 0 rings (SSSR count).